The highest BCUT2D eigenvalue weighted by atomic mass is 32.2. The summed E-state index contributed by atoms with van der Waals surface area (Å²) >= 11 is 0. The number of sulfone groups is 1. The molecule has 5 heteroatoms. The molecule has 0 unspecified atom stereocenters. The summed E-state index contributed by atoms with van der Waals surface area (Å²) in [4.78, 5) is 0. The van der Waals surface area contributed by atoms with Crippen molar-refractivity contribution in [2.75, 3.05) is 18.1 Å². The van der Waals surface area contributed by atoms with Crippen molar-refractivity contribution >= 4 is 9.84 Å². The zero-order valence-electron chi connectivity index (χ0n) is 8.52. The van der Waals surface area contributed by atoms with Gasteiger partial charge >= 0.3 is 0 Å². The molecule has 0 saturated heterocycles. The first-order valence-corrected chi connectivity index (χ1v) is 6.38. The molecule has 0 fully saturated rings. The van der Waals surface area contributed by atoms with Gasteiger partial charge in [-0.05, 0) is 12.1 Å². The van der Waals surface area contributed by atoms with E-state index in [-0.39, 0.29) is 18.1 Å². The smallest absolute Gasteiger partial charge is 0.164 e. The second kappa shape index (κ2) is 5.52. The van der Waals surface area contributed by atoms with Gasteiger partial charge in [-0.2, -0.15) is 0 Å². The predicted molar refractivity (Wildman–Crippen MR) is 59.4 cm³/mol. The third-order valence-corrected chi connectivity index (χ3v) is 3.16. The predicted octanol–water partition coefficient (Wildman–Crippen LogP) is 1.25. The van der Waals surface area contributed by atoms with E-state index in [0.717, 1.165) is 0 Å². The van der Waals surface area contributed by atoms with E-state index in [1.807, 2.05) is 0 Å². The Hall–Kier alpha value is -1.54. The molecule has 0 aliphatic heterocycles. The molecular weight excluding hydrogens is 231 g/mol. The minimum Gasteiger partial charge on any atom is -0.492 e. The molecule has 0 radical (unpaired) electrons. The fourth-order valence-electron chi connectivity index (χ4n) is 1.04. The number of rotatable bonds is 5. The van der Waals surface area contributed by atoms with E-state index < -0.39 is 15.7 Å². The highest BCUT2D eigenvalue weighted by molar-refractivity contribution is 7.91. The summed E-state index contributed by atoms with van der Waals surface area (Å²) in [6, 6.07) is 5.51. The molecule has 0 atom stereocenters. The van der Waals surface area contributed by atoms with Crippen LogP contribution in [0.2, 0.25) is 0 Å². The van der Waals surface area contributed by atoms with Crippen molar-refractivity contribution in [1.82, 2.24) is 0 Å². The Morgan fingerprint density at radius 1 is 1.44 bits per heavy atom. The summed E-state index contributed by atoms with van der Waals surface area (Å²) in [7, 11) is -3.27. The molecule has 0 aliphatic rings. The summed E-state index contributed by atoms with van der Waals surface area (Å²) in [5.41, 5.74) is 0. The number of halogens is 1. The molecule has 0 bridgehead atoms. The van der Waals surface area contributed by atoms with Crippen LogP contribution in [0.3, 0.4) is 0 Å². The number of hydrogen-bond donors (Lipinski definition) is 0. The van der Waals surface area contributed by atoms with Crippen molar-refractivity contribution in [1.29, 1.82) is 0 Å². The van der Waals surface area contributed by atoms with E-state index in [9.17, 15) is 12.8 Å². The van der Waals surface area contributed by atoms with E-state index in [1.165, 1.54) is 18.2 Å². The maximum absolute atomic E-state index is 12.7. The lowest BCUT2D eigenvalue weighted by atomic mass is 10.3. The number of benzene rings is 1. The Labute approximate surface area is 94.2 Å². The van der Waals surface area contributed by atoms with E-state index >= 15 is 0 Å². The van der Waals surface area contributed by atoms with Crippen molar-refractivity contribution in [3.8, 4) is 18.1 Å². The quantitative estimate of drug-likeness (QED) is 0.730. The Morgan fingerprint density at radius 3 is 2.81 bits per heavy atom. The molecule has 16 heavy (non-hydrogen) atoms. The summed E-state index contributed by atoms with van der Waals surface area (Å²) < 4.78 is 40.2. The van der Waals surface area contributed by atoms with Gasteiger partial charge in [-0.15, -0.1) is 6.42 Å². The molecule has 1 aromatic carbocycles. The summed E-state index contributed by atoms with van der Waals surface area (Å²) in [5, 5.41) is 0. The topological polar surface area (TPSA) is 43.4 Å². The third kappa shape index (κ3) is 4.32. The molecule has 3 nitrogen and oxygen atoms in total. The monoisotopic (exact) mass is 242 g/mol. The van der Waals surface area contributed by atoms with Crippen LogP contribution in [0.4, 0.5) is 4.39 Å². The molecular formula is C11H11FO3S. The second-order valence-corrected chi connectivity index (χ2v) is 5.29. The lowest BCUT2D eigenvalue weighted by molar-refractivity contribution is 0.339. The molecule has 0 saturated carbocycles. The van der Waals surface area contributed by atoms with E-state index in [0.29, 0.717) is 5.75 Å². The molecule has 0 spiro atoms. The largest absolute Gasteiger partial charge is 0.492 e. The van der Waals surface area contributed by atoms with Crippen molar-refractivity contribution in [2.24, 2.45) is 0 Å². The maximum atomic E-state index is 12.7. The van der Waals surface area contributed by atoms with Crippen molar-refractivity contribution in [2.45, 2.75) is 0 Å². The Kier molecular flexibility index (Phi) is 4.32. The molecule has 0 aromatic heterocycles. The van der Waals surface area contributed by atoms with Gasteiger partial charge in [0.05, 0.1) is 5.75 Å². The third-order valence-electron chi connectivity index (χ3n) is 1.76. The maximum Gasteiger partial charge on any atom is 0.164 e. The lowest BCUT2D eigenvalue weighted by Crippen LogP contribution is -2.16. The van der Waals surface area contributed by atoms with Crippen LogP contribution in [-0.2, 0) is 9.84 Å². The number of terminal acetylenes is 1. The Balaban J connectivity index is 2.45. The first-order chi connectivity index (χ1) is 7.53. The van der Waals surface area contributed by atoms with Crippen LogP contribution < -0.4 is 4.74 Å². The number of hydrogen-bond acceptors (Lipinski definition) is 3. The minimum atomic E-state index is -3.27. The van der Waals surface area contributed by atoms with Gasteiger partial charge in [-0.1, -0.05) is 12.0 Å². The van der Waals surface area contributed by atoms with Gasteiger partial charge in [-0.3, -0.25) is 0 Å². The van der Waals surface area contributed by atoms with E-state index in [4.69, 9.17) is 11.2 Å². The first kappa shape index (κ1) is 12.5. The van der Waals surface area contributed by atoms with E-state index in [1.54, 1.807) is 6.07 Å². The van der Waals surface area contributed by atoms with Gasteiger partial charge in [0.25, 0.3) is 0 Å². The lowest BCUT2D eigenvalue weighted by Gasteiger charge is -2.05. The van der Waals surface area contributed by atoms with Gasteiger partial charge < -0.3 is 4.74 Å². The van der Waals surface area contributed by atoms with Crippen molar-refractivity contribution in [3.05, 3.63) is 30.1 Å². The van der Waals surface area contributed by atoms with Gasteiger partial charge in [0.2, 0.25) is 0 Å². The normalized spacial score (nSPS) is 10.8. The van der Waals surface area contributed by atoms with Crippen LogP contribution >= 0.6 is 0 Å². The zero-order valence-corrected chi connectivity index (χ0v) is 9.34. The second-order valence-electron chi connectivity index (χ2n) is 3.10. The molecule has 1 aromatic rings. The van der Waals surface area contributed by atoms with Gasteiger partial charge in [0.15, 0.2) is 9.84 Å². The van der Waals surface area contributed by atoms with E-state index in [2.05, 4.69) is 5.92 Å². The minimum absolute atomic E-state index is 0.0343. The molecule has 1 rings (SSSR count). The summed E-state index contributed by atoms with van der Waals surface area (Å²) in [6.45, 7) is -0.0343. The zero-order chi connectivity index (χ0) is 12.0. The van der Waals surface area contributed by atoms with Crippen molar-refractivity contribution < 1.29 is 17.5 Å². The summed E-state index contributed by atoms with van der Waals surface area (Å²) in [5.74, 6) is 1.46. The highest BCUT2D eigenvalue weighted by Gasteiger charge is 2.08. The molecule has 0 N–H and O–H groups in total. The van der Waals surface area contributed by atoms with Crippen LogP contribution in [-0.4, -0.2) is 26.5 Å². The fourth-order valence-corrected chi connectivity index (χ4v) is 1.78. The average Bonchev–Trinajstić information content (AvgIpc) is 2.17. The molecule has 0 aliphatic carbocycles. The Bertz CT molecular complexity index is 488. The molecule has 86 valence electrons. The SMILES string of the molecule is C#CCS(=O)(=O)CCOc1cccc(F)c1. The van der Waals surface area contributed by atoms with Crippen LogP contribution in [0.5, 0.6) is 5.75 Å². The first-order valence-electron chi connectivity index (χ1n) is 4.56. The fraction of sp³-hybridized carbons (Fsp3) is 0.273. The van der Waals surface area contributed by atoms with Crippen LogP contribution in [0.25, 0.3) is 0 Å². The highest BCUT2D eigenvalue weighted by Crippen LogP contribution is 2.11. The van der Waals surface area contributed by atoms with Gasteiger partial charge in [-0.25, -0.2) is 12.8 Å². The average molecular weight is 242 g/mol. The molecule has 0 heterocycles. The number of ether oxygens (including phenoxy) is 1. The Morgan fingerprint density at radius 2 is 2.19 bits per heavy atom. The van der Waals surface area contributed by atoms with Crippen LogP contribution in [0.15, 0.2) is 24.3 Å². The standard InChI is InChI=1S/C11H11FO3S/c1-2-7-16(13,14)8-6-15-11-5-3-4-10(12)9-11/h1,3-5,9H,6-8H2. The van der Waals surface area contributed by atoms with Gasteiger partial charge in [0.1, 0.15) is 23.9 Å². The van der Waals surface area contributed by atoms with Crippen molar-refractivity contribution in [3.63, 3.8) is 0 Å². The molecule has 0 amide bonds. The van der Waals surface area contributed by atoms with Crippen LogP contribution in [0, 0.1) is 18.2 Å². The van der Waals surface area contributed by atoms with Crippen LogP contribution in [0.1, 0.15) is 0 Å². The summed E-state index contributed by atoms with van der Waals surface area (Å²) in [6.07, 6.45) is 4.90. The van der Waals surface area contributed by atoms with Gasteiger partial charge in [0, 0.05) is 6.07 Å².